The fourth-order valence-corrected chi connectivity index (χ4v) is 23.1. The molecule has 4 unspecified atom stereocenters. The minimum absolute atomic E-state index is 0.00215. The van der Waals surface area contributed by atoms with Crippen LogP contribution in [-0.2, 0) is 44.8 Å². The number of carbonyl (C=O) groups is 4. The van der Waals surface area contributed by atoms with E-state index < -0.39 is 74.2 Å². The van der Waals surface area contributed by atoms with E-state index in [1.54, 1.807) is 98.5 Å². The molecule has 5 aliphatic rings. The molecule has 8 aromatic heterocycles. The van der Waals surface area contributed by atoms with E-state index >= 15 is 0 Å². The van der Waals surface area contributed by atoms with Crippen LogP contribution in [0.3, 0.4) is 0 Å². The number of piperidine rings is 1. The van der Waals surface area contributed by atoms with Gasteiger partial charge in [0.2, 0.25) is 5.88 Å². The number of nitrogens with one attached hydrogen (secondary N) is 5. The summed E-state index contributed by atoms with van der Waals surface area (Å²) in [7, 11) is -15.5. The summed E-state index contributed by atoms with van der Waals surface area (Å²) in [5, 5.41) is -0.230. The maximum atomic E-state index is 13.5. The van der Waals surface area contributed by atoms with E-state index in [0.29, 0.717) is 113 Å². The minimum atomic E-state index is -4.42. The van der Waals surface area contributed by atoms with Crippen LogP contribution in [0.5, 0.6) is 17.4 Å². The molecule has 141 heavy (non-hydrogen) atoms. The second-order valence-corrected chi connectivity index (χ2v) is 46.2. The molecule has 0 saturated carbocycles. The molecule has 0 radical (unpaired) electrons. The molecule has 5 aliphatic heterocycles. The van der Waals surface area contributed by atoms with Crippen LogP contribution in [0.2, 0.25) is 10.0 Å². The molecule has 3 aromatic carbocycles. The number of anilines is 6. The van der Waals surface area contributed by atoms with Crippen molar-refractivity contribution >= 4 is 122 Å². The van der Waals surface area contributed by atoms with Crippen LogP contribution < -0.4 is 64.2 Å². The highest BCUT2D eigenvalue weighted by Crippen LogP contribution is 2.44. The Kier molecular flexibility index (Phi) is 32.4. The number of nitrogen functional groups attached to an aromatic ring is 1. The number of amides is 4. The third-order valence-corrected chi connectivity index (χ3v) is 30.2. The summed E-state index contributed by atoms with van der Waals surface area (Å²) in [6, 6.07) is 44.8. The molecule has 11 aromatic rings. The number of nitrogens with zero attached hydrogens (tertiary/aromatic N) is 12. The molecule has 0 spiro atoms. The highest BCUT2D eigenvalue weighted by atomic mass is 35.5. The number of nitrogens with two attached hydrogens (primary N) is 1. The molecule has 34 nitrogen and oxygen atoms in total. The Bertz CT molecular complexity index is 7030. The van der Waals surface area contributed by atoms with Gasteiger partial charge >= 0.3 is 0 Å². The van der Waals surface area contributed by atoms with E-state index in [1.165, 1.54) is 79.0 Å². The number of aromatic nitrogens is 8. The zero-order valence-electron chi connectivity index (χ0n) is 81.0. The number of aromatic amines is 1. The minimum Gasteiger partial charge on any atom is -0.491 e. The third kappa shape index (κ3) is 25.8. The molecule has 748 valence electrons. The largest absolute Gasteiger partial charge is 0.491 e. The van der Waals surface area contributed by atoms with Gasteiger partial charge < -0.3 is 49.4 Å². The Balaban J connectivity index is 0.000000158. The third-order valence-electron chi connectivity index (χ3n) is 24.6. The van der Waals surface area contributed by atoms with Crippen molar-refractivity contribution in [1.82, 2.24) is 58.8 Å². The molecule has 5 fully saturated rings. The van der Waals surface area contributed by atoms with Crippen LogP contribution >= 0.6 is 23.2 Å². The Morgan fingerprint density at radius 3 is 1.50 bits per heavy atom. The van der Waals surface area contributed by atoms with E-state index in [9.17, 15) is 62.0 Å². The van der Waals surface area contributed by atoms with Crippen molar-refractivity contribution in [3.63, 3.8) is 0 Å². The van der Waals surface area contributed by atoms with Gasteiger partial charge in [0.25, 0.3) is 69.3 Å². The number of hydrogen-bond donors (Lipinski definition) is 6. The van der Waals surface area contributed by atoms with Gasteiger partial charge in [-0.1, -0.05) is 81.2 Å². The quantitative estimate of drug-likeness (QED) is 0.0309. The molecule has 41 heteroatoms. The standard InChI is InChI=1S/C27H33N5O4S.C25H35N5O4S.C24H24Cl2N4O4S.C24H25FN4O4S/c1-17(2)36-21-9-6-8-19(12-21)20-13-22(25(29-15-20)32-16-18(3)14-27(32,4)5)26(33)31-37(34,35)24-11-7-10-23(28)30-24;1-18-14-25(2,3)30(15-18)23-20(9-6-12-26-23)24(31)28-35(32,33)22-11-5-10-21(27-22)29-13-7-8-19(16-29)17-34-4;1-15-13-24(2,3)30(14-15)22-17(6-5-11-27-22)23(31)29-35(32,33)21-8-4-7-20(28-21)34-19-10-9-16(25)12-18(19)26;1-15-13-24(2,3)29(14-15)21-18(10-11-19(27-21)16-6-8-17(25)9-7-16)22(30)28-34(32,33)20-5-4-12-26-23(20)31/h6-13,15,17-18H,14,16H2,1-5H3,(H2,28,30)(H,31,33);5-6,9-12,18-19H,7-8,13-17H2,1-4H3,(H,28,31);4-12,15H,13-14H2,1-3H3,(H,29,31);4-12,15H,13-14H2,1-3H3,(H,26,31)(H,28,30)/t;;;15-/m...0/s1. The van der Waals surface area contributed by atoms with Gasteiger partial charge in [0, 0.05) is 116 Å². The number of H-pyrrole nitrogens is 1. The van der Waals surface area contributed by atoms with Crippen molar-refractivity contribution < 1.29 is 71.5 Å². The van der Waals surface area contributed by atoms with Crippen LogP contribution in [0.25, 0.3) is 22.4 Å². The average molecular weight is 2050 g/mol. The molecule has 13 heterocycles. The smallest absolute Gasteiger partial charge is 0.281 e. The Hall–Kier alpha value is -12.8. The van der Waals surface area contributed by atoms with Crippen LogP contribution in [0, 0.1) is 35.4 Å². The first-order chi connectivity index (χ1) is 66.4. The summed E-state index contributed by atoms with van der Waals surface area (Å²) in [6.45, 7) is 34.0. The normalized spacial score (nSPS) is 18.5. The lowest BCUT2D eigenvalue weighted by molar-refractivity contribution is 0.0972. The zero-order valence-corrected chi connectivity index (χ0v) is 85.7. The fraction of sp³-hybridized carbons (Fsp3) is 0.380. The molecule has 5 atom stereocenters. The summed E-state index contributed by atoms with van der Waals surface area (Å²) < 4.78 is 142. The molecule has 4 amide bonds. The first kappa shape index (κ1) is 106. The second-order valence-electron chi connectivity index (χ2n) is 38.8. The second kappa shape index (κ2) is 43.3. The van der Waals surface area contributed by atoms with E-state index in [1.807, 2.05) is 66.5 Å². The van der Waals surface area contributed by atoms with E-state index in [4.69, 9.17) is 48.1 Å². The molecule has 0 aliphatic carbocycles. The number of methoxy groups -OCH3 is 1. The van der Waals surface area contributed by atoms with Crippen molar-refractivity contribution in [2.75, 3.05) is 83.2 Å². The van der Waals surface area contributed by atoms with Gasteiger partial charge in [-0.3, -0.25) is 24.0 Å². The maximum Gasteiger partial charge on any atom is 0.281 e. The van der Waals surface area contributed by atoms with E-state index in [0.717, 1.165) is 69.8 Å². The number of benzene rings is 3. The maximum absolute atomic E-state index is 13.5. The average Bonchev–Trinajstić information content (AvgIpc) is 1.67. The number of sulfonamides is 4. The Morgan fingerprint density at radius 1 is 0.504 bits per heavy atom. The fourth-order valence-electron chi connectivity index (χ4n) is 18.8. The topological polar surface area (TPSA) is 446 Å². The summed E-state index contributed by atoms with van der Waals surface area (Å²) in [5.41, 5.74) is 7.05. The van der Waals surface area contributed by atoms with Gasteiger partial charge in [0.1, 0.15) is 52.2 Å². The lowest BCUT2D eigenvalue weighted by Gasteiger charge is -2.34. The summed E-state index contributed by atoms with van der Waals surface area (Å²) >= 11 is 12.0. The Labute approximate surface area is 831 Å². The predicted molar refractivity (Wildman–Crippen MR) is 541 cm³/mol. The van der Waals surface area contributed by atoms with Gasteiger partial charge in [-0.15, -0.1) is 0 Å². The Morgan fingerprint density at radius 2 is 0.993 bits per heavy atom. The van der Waals surface area contributed by atoms with Crippen LogP contribution in [0.1, 0.15) is 177 Å². The van der Waals surface area contributed by atoms with Crippen LogP contribution in [0.15, 0.2) is 225 Å². The van der Waals surface area contributed by atoms with E-state index in [2.05, 4.69) is 133 Å². The highest BCUT2D eigenvalue weighted by Gasteiger charge is 2.45. The summed E-state index contributed by atoms with van der Waals surface area (Å²) in [5.74, 6) is 1.60. The molecule has 5 saturated heterocycles. The molecule has 7 N–H and O–H groups in total. The van der Waals surface area contributed by atoms with Gasteiger partial charge in [-0.2, -0.15) is 30.2 Å². The number of pyridine rings is 8. The van der Waals surface area contributed by atoms with Crippen molar-refractivity contribution in [3.8, 4) is 39.8 Å². The van der Waals surface area contributed by atoms with Crippen LogP contribution in [-0.4, -0.2) is 178 Å². The van der Waals surface area contributed by atoms with Crippen molar-refractivity contribution in [2.45, 2.75) is 184 Å². The predicted octanol–water partition coefficient (Wildman–Crippen LogP) is 16.0. The zero-order chi connectivity index (χ0) is 102. The SMILES string of the molecule is CC1CN(c2ncc(-c3cccc(OC(C)C)c3)cc2C(=O)NS(=O)(=O)c2cccc(N)n2)C(C)(C)C1.CC1CN(c2ncccc2C(=O)NS(=O)(=O)c2cccc(Oc3ccc(Cl)cc3Cl)n2)C(C)(C)C1.COCC1CCCN(c2cccc(S(=O)(=O)NC(=O)c3cccnc3N3CC(C)CC3(C)C)n2)C1.C[C@@H]1CN(c2nc(-c3ccc(F)cc3)ccc2C(=O)NS(=O)(=O)c2ccc[nH]c2=O)C(C)(C)C1. The molecular formula is C100H117Cl2FN18O16S4. The van der Waals surface area contributed by atoms with Gasteiger partial charge in [-0.05, 0) is 282 Å². The monoisotopic (exact) mass is 2040 g/mol. The lowest BCUT2D eigenvalue weighted by atomic mass is 9.97. The van der Waals surface area contributed by atoms with Gasteiger partial charge in [-0.25, -0.2) is 61.6 Å². The van der Waals surface area contributed by atoms with Crippen molar-refractivity contribution in [3.05, 3.63) is 249 Å². The molecular weight excluding hydrogens is 1930 g/mol. The highest BCUT2D eigenvalue weighted by molar-refractivity contribution is 7.91. The number of hydrogen-bond acceptors (Lipinski definition) is 29. The summed E-state index contributed by atoms with van der Waals surface area (Å²) in [4.78, 5) is 108. The number of carbonyl (C=O) groups excluding carboxylic acids is 4. The van der Waals surface area contributed by atoms with E-state index in [-0.39, 0.29) is 93.9 Å². The first-order valence-electron chi connectivity index (χ1n) is 45.9. The lowest BCUT2D eigenvalue weighted by Crippen LogP contribution is -2.41. The van der Waals surface area contributed by atoms with Crippen molar-refractivity contribution in [2.24, 2.45) is 29.6 Å². The van der Waals surface area contributed by atoms with Gasteiger partial charge in [0.05, 0.1) is 45.7 Å². The van der Waals surface area contributed by atoms with Crippen molar-refractivity contribution in [1.29, 1.82) is 0 Å². The summed E-state index contributed by atoms with van der Waals surface area (Å²) in [6.07, 6.45) is 11.9. The first-order valence-corrected chi connectivity index (χ1v) is 52.6. The number of ether oxygens (including phenoxy) is 3. The number of rotatable bonds is 25. The van der Waals surface area contributed by atoms with Crippen LogP contribution in [0.4, 0.5) is 39.3 Å². The molecule has 0 bridgehead atoms. The number of halogens is 3. The van der Waals surface area contributed by atoms with Gasteiger partial charge in [0.15, 0.2) is 20.0 Å². The molecule has 16 rings (SSSR count).